The zero-order valence-electron chi connectivity index (χ0n) is 29.4. The summed E-state index contributed by atoms with van der Waals surface area (Å²) in [4.78, 5) is 53.6. The van der Waals surface area contributed by atoms with Crippen LogP contribution in [0, 0.1) is 0 Å². The highest BCUT2D eigenvalue weighted by Gasteiger charge is 2.16. The van der Waals surface area contributed by atoms with Crippen LogP contribution >= 0.6 is 23.5 Å². The molecule has 0 aliphatic rings. The fourth-order valence-electron chi connectivity index (χ4n) is 4.69. The molecule has 0 aromatic rings. The summed E-state index contributed by atoms with van der Waals surface area (Å²) in [6.07, 6.45) is 22.2. The summed E-state index contributed by atoms with van der Waals surface area (Å²) < 4.78 is 10.4. The largest absolute Gasteiger partial charge is 0.384 e. The molecule has 0 atom stereocenters. The van der Waals surface area contributed by atoms with Gasteiger partial charge in [0.1, 0.15) is 0 Å². The topological polar surface area (TPSA) is 93.2 Å². The molecule has 0 aromatic carbocycles. The number of allylic oxidation sites excluding steroid dienone is 6. The van der Waals surface area contributed by atoms with E-state index in [1.54, 1.807) is 24.0 Å². The Morgan fingerprint density at radius 1 is 0.587 bits per heavy atom. The van der Waals surface area contributed by atoms with E-state index in [9.17, 15) is 19.2 Å². The maximum absolute atomic E-state index is 12.3. The summed E-state index contributed by atoms with van der Waals surface area (Å²) in [7, 11) is 3.28. The second kappa shape index (κ2) is 30.2. The molecule has 0 saturated heterocycles. The molecule has 0 aliphatic carbocycles. The molecule has 2 amide bonds. The van der Waals surface area contributed by atoms with Gasteiger partial charge >= 0.3 is 0 Å². The van der Waals surface area contributed by atoms with E-state index >= 15 is 0 Å². The van der Waals surface area contributed by atoms with Crippen molar-refractivity contribution in [2.24, 2.45) is 0 Å². The van der Waals surface area contributed by atoms with Gasteiger partial charge < -0.3 is 19.3 Å². The van der Waals surface area contributed by atoms with Gasteiger partial charge in [-0.05, 0) is 40.5 Å². The number of nitrogens with zero attached hydrogens (tertiary/aromatic N) is 2. The first-order chi connectivity index (χ1) is 22.3. The molecule has 0 heterocycles. The van der Waals surface area contributed by atoms with Gasteiger partial charge in [0, 0.05) is 74.2 Å². The minimum atomic E-state index is 0.0662. The van der Waals surface area contributed by atoms with E-state index in [1.165, 1.54) is 49.2 Å². The number of hydrogen-bond acceptors (Lipinski definition) is 8. The average Bonchev–Trinajstić information content (AvgIpc) is 3.06. The Kier molecular flexibility index (Phi) is 28.8. The van der Waals surface area contributed by atoms with E-state index in [1.807, 2.05) is 52.0 Å². The molecular formula is C36H60N2O6S2. The predicted molar refractivity (Wildman–Crippen MR) is 194 cm³/mol. The van der Waals surface area contributed by atoms with E-state index in [4.69, 9.17) is 9.47 Å². The molecule has 0 rings (SSSR count). The molecule has 0 unspecified atom stereocenters. The Morgan fingerprint density at radius 2 is 0.913 bits per heavy atom. The molecule has 10 heteroatoms. The molecule has 0 saturated carbocycles. The number of carbonyl (C=O) groups is 4. The zero-order valence-corrected chi connectivity index (χ0v) is 31.0. The van der Waals surface area contributed by atoms with Crippen molar-refractivity contribution in [3.05, 3.63) is 45.5 Å². The minimum Gasteiger partial charge on any atom is -0.384 e. The van der Waals surface area contributed by atoms with Crippen molar-refractivity contribution in [3.63, 3.8) is 0 Å². The molecule has 0 fully saturated rings. The zero-order chi connectivity index (χ0) is 34.4. The lowest BCUT2D eigenvalue weighted by atomic mass is 10.1. The molecule has 8 nitrogen and oxygen atoms in total. The molecule has 262 valence electrons. The number of ether oxygens (including phenoxy) is 2. The molecule has 0 spiro atoms. The van der Waals surface area contributed by atoms with Gasteiger partial charge in [-0.1, -0.05) is 99.2 Å². The van der Waals surface area contributed by atoms with Crippen molar-refractivity contribution >= 4 is 46.6 Å². The second-order valence-corrected chi connectivity index (χ2v) is 13.4. The van der Waals surface area contributed by atoms with Crippen molar-refractivity contribution in [2.45, 2.75) is 118 Å². The number of unbranched alkanes of at least 4 members (excludes halogenated alkanes) is 9. The van der Waals surface area contributed by atoms with Crippen molar-refractivity contribution in [1.29, 1.82) is 0 Å². The summed E-state index contributed by atoms with van der Waals surface area (Å²) in [5, 5.41) is 0.132. The van der Waals surface area contributed by atoms with Crippen LogP contribution in [-0.4, -0.2) is 73.4 Å². The van der Waals surface area contributed by atoms with Crippen LogP contribution in [0.4, 0.5) is 0 Å². The van der Waals surface area contributed by atoms with Gasteiger partial charge in [-0.15, -0.1) is 0 Å². The van der Waals surface area contributed by atoms with Gasteiger partial charge in [0.2, 0.25) is 12.8 Å². The maximum Gasteiger partial charge on any atom is 0.213 e. The standard InChI is InChI=1S/C36H60N2O6S2/c1-7-9-21-35(41)45-33(23-27-43-5)31(3)37(29-39)25-19-17-15-13-11-12-14-16-18-20-26-38(30-40)32(4)34(24-28-44-6)46-36(42)22-10-8-2/h7-10,29-30H,11-28H2,1-6H3/b9-7+,10-8+,33-31-,34-32-. The van der Waals surface area contributed by atoms with Crippen LogP contribution in [0.15, 0.2) is 45.5 Å². The van der Waals surface area contributed by atoms with Crippen molar-refractivity contribution in [2.75, 3.05) is 40.5 Å². The molecule has 0 N–H and O–H groups in total. The van der Waals surface area contributed by atoms with E-state index in [-0.39, 0.29) is 10.2 Å². The number of carbonyl (C=O) groups excluding carboxylic acids is 4. The molecule has 0 aromatic heterocycles. The molecule has 0 bridgehead atoms. The van der Waals surface area contributed by atoms with Gasteiger partial charge in [-0.2, -0.15) is 0 Å². The summed E-state index contributed by atoms with van der Waals surface area (Å²) in [5.74, 6) is 0. The van der Waals surface area contributed by atoms with Crippen LogP contribution in [0.25, 0.3) is 0 Å². The van der Waals surface area contributed by atoms with Crippen LogP contribution < -0.4 is 0 Å². The average molecular weight is 681 g/mol. The van der Waals surface area contributed by atoms with Crippen LogP contribution in [0.2, 0.25) is 0 Å². The van der Waals surface area contributed by atoms with E-state index < -0.39 is 0 Å². The van der Waals surface area contributed by atoms with Gasteiger partial charge in [0.05, 0.1) is 13.2 Å². The van der Waals surface area contributed by atoms with Crippen LogP contribution in [0.5, 0.6) is 0 Å². The monoisotopic (exact) mass is 680 g/mol. The smallest absolute Gasteiger partial charge is 0.213 e. The third-order valence-corrected chi connectivity index (χ3v) is 9.83. The third-order valence-electron chi connectivity index (χ3n) is 7.55. The number of hydrogen-bond donors (Lipinski definition) is 0. The fraction of sp³-hybridized carbons (Fsp3) is 0.667. The number of amides is 2. The Balaban J connectivity index is 4.43. The van der Waals surface area contributed by atoms with Gasteiger partial charge in [0.15, 0.2) is 10.2 Å². The Bertz CT molecular complexity index is 915. The van der Waals surface area contributed by atoms with Crippen LogP contribution in [0.1, 0.15) is 118 Å². The van der Waals surface area contributed by atoms with Crippen molar-refractivity contribution in [1.82, 2.24) is 9.80 Å². The lowest BCUT2D eigenvalue weighted by molar-refractivity contribution is -0.117. The number of rotatable bonds is 29. The quantitative estimate of drug-likeness (QED) is 0.0440. The van der Waals surface area contributed by atoms with E-state index in [2.05, 4.69) is 0 Å². The highest BCUT2D eigenvalue weighted by atomic mass is 32.2. The summed E-state index contributed by atoms with van der Waals surface area (Å²) >= 11 is 2.44. The van der Waals surface area contributed by atoms with E-state index in [0.717, 1.165) is 72.5 Å². The van der Waals surface area contributed by atoms with Gasteiger partial charge in [-0.3, -0.25) is 19.2 Å². The molecule has 46 heavy (non-hydrogen) atoms. The SMILES string of the molecule is C/C=C/CC(=O)S/C(CCOC)=C(/C)N(C=O)CCCCCCCCCCCCN(C=O)/C(C)=C(/CCOC)SC(=O)C/C=C/C. The normalized spacial score (nSPS) is 12.7. The summed E-state index contributed by atoms with van der Waals surface area (Å²) in [6.45, 7) is 9.95. The first kappa shape index (κ1) is 43.9. The van der Waals surface area contributed by atoms with Crippen molar-refractivity contribution in [3.8, 4) is 0 Å². The molecular weight excluding hydrogens is 621 g/mol. The molecule has 0 radical (unpaired) electrons. The highest BCUT2D eigenvalue weighted by molar-refractivity contribution is 8.17. The first-order valence-corrected chi connectivity index (χ1v) is 18.4. The Labute approximate surface area is 287 Å². The number of methoxy groups -OCH3 is 2. The van der Waals surface area contributed by atoms with Crippen LogP contribution in [-0.2, 0) is 28.7 Å². The Hall–Kier alpha value is -2.14. The lowest BCUT2D eigenvalue weighted by Gasteiger charge is -2.21. The third kappa shape index (κ3) is 21.6. The maximum atomic E-state index is 12.3. The van der Waals surface area contributed by atoms with Gasteiger partial charge in [-0.25, -0.2) is 0 Å². The van der Waals surface area contributed by atoms with Crippen LogP contribution in [0.3, 0.4) is 0 Å². The predicted octanol–water partition coefficient (Wildman–Crippen LogP) is 8.79. The fourth-order valence-corrected chi connectivity index (χ4v) is 6.49. The highest BCUT2D eigenvalue weighted by Crippen LogP contribution is 2.28. The van der Waals surface area contributed by atoms with Gasteiger partial charge in [0.25, 0.3) is 0 Å². The minimum absolute atomic E-state index is 0.0662. The van der Waals surface area contributed by atoms with E-state index in [0.29, 0.717) is 52.0 Å². The summed E-state index contributed by atoms with van der Waals surface area (Å²) in [5.41, 5.74) is 1.68. The first-order valence-electron chi connectivity index (χ1n) is 16.7. The number of thioether (sulfide) groups is 2. The van der Waals surface area contributed by atoms with Crippen molar-refractivity contribution < 1.29 is 28.7 Å². The second-order valence-electron chi connectivity index (χ2n) is 11.1. The molecule has 0 aliphatic heterocycles. The Morgan fingerprint density at radius 3 is 1.20 bits per heavy atom. The lowest BCUT2D eigenvalue weighted by Crippen LogP contribution is -2.22. The summed E-state index contributed by atoms with van der Waals surface area (Å²) in [6, 6.07) is 0.